The molecule has 0 saturated heterocycles. The maximum Gasteiger partial charge on any atom is 0.243 e. The van der Waals surface area contributed by atoms with Gasteiger partial charge in [0.15, 0.2) is 15.7 Å². The fourth-order valence-corrected chi connectivity index (χ4v) is 6.52. The molecule has 1 aliphatic rings. The highest BCUT2D eigenvalue weighted by Crippen LogP contribution is 2.40. The molecular formula is C24H41B2N5O6S2. The maximum atomic E-state index is 13.1. The highest BCUT2D eigenvalue weighted by Gasteiger charge is 2.37. The lowest BCUT2D eigenvalue weighted by molar-refractivity contribution is -0.140. The van der Waals surface area contributed by atoms with E-state index < -0.39 is 46.4 Å². The van der Waals surface area contributed by atoms with E-state index in [-0.39, 0.29) is 41.9 Å². The Labute approximate surface area is 242 Å². The van der Waals surface area contributed by atoms with Crippen molar-refractivity contribution in [1.29, 1.82) is 0 Å². The molecule has 11 nitrogen and oxygen atoms in total. The van der Waals surface area contributed by atoms with Gasteiger partial charge in [-0.05, 0) is 40.0 Å². The lowest BCUT2D eigenvalue weighted by Crippen LogP contribution is -2.54. The van der Waals surface area contributed by atoms with E-state index in [2.05, 4.69) is 16.0 Å². The van der Waals surface area contributed by atoms with Crippen LogP contribution in [0.3, 0.4) is 0 Å². The summed E-state index contributed by atoms with van der Waals surface area (Å²) >= 11 is 3.07. The van der Waals surface area contributed by atoms with Crippen LogP contribution in [0.25, 0.3) is 0 Å². The maximum absolute atomic E-state index is 13.1. The van der Waals surface area contributed by atoms with Gasteiger partial charge in [-0.15, -0.1) is 0 Å². The van der Waals surface area contributed by atoms with E-state index in [1.807, 2.05) is 6.92 Å². The lowest BCUT2D eigenvalue weighted by atomic mass is 9.92. The molecule has 1 fully saturated rings. The minimum atomic E-state index is -0.971. The Bertz CT molecular complexity index is 880. The highest BCUT2D eigenvalue weighted by atomic mass is 32.2. The minimum absolute atomic E-state index is 0.0587. The van der Waals surface area contributed by atoms with Crippen LogP contribution in [0, 0.1) is 5.41 Å². The Morgan fingerprint density at radius 1 is 0.949 bits per heavy atom. The Morgan fingerprint density at radius 3 is 1.95 bits per heavy atom. The van der Waals surface area contributed by atoms with E-state index in [9.17, 15) is 24.0 Å². The van der Waals surface area contributed by atoms with Crippen LogP contribution in [0.15, 0.2) is 0 Å². The van der Waals surface area contributed by atoms with Crippen LogP contribution in [0.5, 0.6) is 0 Å². The second kappa shape index (κ2) is 16.7. The molecule has 5 atom stereocenters. The summed E-state index contributed by atoms with van der Waals surface area (Å²) in [7, 11) is 10.2. The van der Waals surface area contributed by atoms with Crippen molar-refractivity contribution < 1.29 is 28.7 Å². The number of amides is 3. The molecule has 216 valence electrons. The summed E-state index contributed by atoms with van der Waals surface area (Å²) in [4.78, 5) is 59.9. The van der Waals surface area contributed by atoms with E-state index in [1.165, 1.54) is 11.8 Å². The molecule has 7 N–H and O–H groups in total. The van der Waals surface area contributed by atoms with Crippen molar-refractivity contribution >= 4 is 68.3 Å². The van der Waals surface area contributed by atoms with Gasteiger partial charge in [0.25, 0.3) is 0 Å². The summed E-state index contributed by atoms with van der Waals surface area (Å²) in [6.45, 7) is 6.61. The second-order valence-corrected chi connectivity index (χ2v) is 13.1. The van der Waals surface area contributed by atoms with Crippen molar-refractivity contribution in [3.8, 4) is 0 Å². The van der Waals surface area contributed by atoms with Crippen LogP contribution < -0.4 is 27.4 Å². The largest absolute Gasteiger partial charge is 0.360 e. The molecule has 1 rings (SSSR count). The van der Waals surface area contributed by atoms with Gasteiger partial charge in [0.05, 0.1) is 42.5 Å². The third-order valence-electron chi connectivity index (χ3n) is 6.07. The first kappa shape index (κ1) is 35.5. The minimum Gasteiger partial charge on any atom is -0.360 e. The summed E-state index contributed by atoms with van der Waals surface area (Å²) in [5.41, 5.74) is 8.86. The molecule has 0 bridgehead atoms. The number of ether oxygens (including phenoxy) is 1. The van der Waals surface area contributed by atoms with Crippen LogP contribution in [-0.2, 0) is 28.7 Å². The molecule has 1 saturated carbocycles. The van der Waals surface area contributed by atoms with Crippen molar-refractivity contribution in [2.75, 3.05) is 31.2 Å². The first-order valence-electron chi connectivity index (χ1n) is 12.9. The van der Waals surface area contributed by atoms with Crippen molar-refractivity contribution in [3.05, 3.63) is 0 Å². The quantitative estimate of drug-likeness (QED) is 0.0931. The molecule has 0 heterocycles. The molecule has 0 aromatic carbocycles. The van der Waals surface area contributed by atoms with Gasteiger partial charge in [-0.3, -0.25) is 14.4 Å². The summed E-state index contributed by atoms with van der Waals surface area (Å²) < 4.78 is 5.79. The van der Waals surface area contributed by atoms with Gasteiger partial charge in [-0.1, -0.05) is 13.3 Å². The van der Waals surface area contributed by atoms with Crippen LogP contribution in [0.4, 0.5) is 0 Å². The van der Waals surface area contributed by atoms with Gasteiger partial charge in [0, 0.05) is 22.0 Å². The zero-order valence-corrected chi connectivity index (χ0v) is 24.9. The average Bonchev–Trinajstić information content (AvgIpc) is 2.83. The molecule has 1 aliphatic carbocycles. The predicted octanol–water partition coefficient (Wildman–Crippen LogP) is -1.06. The van der Waals surface area contributed by atoms with Gasteiger partial charge in [-0.2, -0.15) is 23.5 Å². The number of carbonyl (C=O) groups excluding carboxylic acids is 5. The molecule has 4 radical (unpaired) electrons. The van der Waals surface area contributed by atoms with Crippen LogP contribution >= 0.6 is 23.5 Å². The third-order valence-corrected chi connectivity index (χ3v) is 9.31. The molecule has 15 heteroatoms. The second-order valence-electron chi connectivity index (χ2n) is 10.6. The Hall–Kier alpha value is -1.54. The first-order valence-corrected chi connectivity index (χ1v) is 15.0. The van der Waals surface area contributed by atoms with Gasteiger partial charge < -0.3 is 41.7 Å². The SMILES string of the molecule is [B]C(=O)CNC(=O)C(N)CSC1CCC1SCC(NC(=O)C(C)(C)COC(C)(N)CCC)C(=O)NCC([B])=O. The van der Waals surface area contributed by atoms with E-state index in [0.29, 0.717) is 12.2 Å². The molecule has 0 aliphatic heterocycles. The Morgan fingerprint density at radius 2 is 1.46 bits per heavy atom. The Balaban J connectivity index is 2.71. The zero-order valence-electron chi connectivity index (χ0n) is 23.2. The number of thioether (sulfide) groups is 2. The van der Waals surface area contributed by atoms with Crippen molar-refractivity contribution in [1.82, 2.24) is 16.0 Å². The number of rotatable bonds is 19. The van der Waals surface area contributed by atoms with E-state index >= 15 is 0 Å². The normalized spacial score (nSPS) is 20.1. The molecule has 39 heavy (non-hydrogen) atoms. The summed E-state index contributed by atoms with van der Waals surface area (Å²) in [6, 6.07) is -1.70. The standard InChI is InChI=1S/C24H41B2N5O6S2/c1-5-8-24(4,28)37-13-23(2,3)22(36)31-15(21(35)30-10-19(26)33)12-39-17-7-6-16(17)38-11-14(27)20(34)29-9-18(25)32/h14-17H,5-13,27-28H2,1-4H3,(H,29,34)(H,30,35)(H,31,36). The van der Waals surface area contributed by atoms with E-state index in [1.54, 1.807) is 32.5 Å². The third kappa shape index (κ3) is 13.6. The molecule has 0 aromatic rings. The summed E-state index contributed by atoms with van der Waals surface area (Å²) in [5.74, 6) is -0.725. The number of hydrogen-bond donors (Lipinski definition) is 5. The lowest BCUT2D eigenvalue weighted by Gasteiger charge is -2.37. The fraction of sp³-hybridized carbons (Fsp3) is 0.792. The first-order chi connectivity index (χ1) is 18.1. The molecule has 0 aromatic heterocycles. The number of hydrogen-bond acceptors (Lipinski definition) is 10. The molecule has 3 amide bonds. The predicted molar refractivity (Wildman–Crippen MR) is 156 cm³/mol. The smallest absolute Gasteiger partial charge is 0.243 e. The number of nitrogens with two attached hydrogens (primary N) is 2. The van der Waals surface area contributed by atoms with Crippen molar-refractivity contribution in [2.45, 2.75) is 81.7 Å². The van der Waals surface area contributed by atoms with Crippen LogP contribution in [0.2, 0.25) is 0 Å². The number of carbonyl (C=O) groups is 5. The van der Waals surface area contributed by atoms with E-state index in [4.69, 9.17) is 31.9 Å². The Kier molecular flexibility index (Phi) is 15.2. The van der Waals surface area contributed by atoms with Crippen molar-refractivity contribution in [2.24, 2.45) is 16.9 Å². The van der Waals surface area contributed by atoms with Crippen LogP contribution in [-0.4, -0.2) is 104 Å². The summed E-state index contributed by atoms with van der Waals surface area (Å²) in [5, 5.41) is 8.04. The van der Waals surface area contributed by atoms with Crippen LogP contribution in [0.1, 0.15) is 53.4 Å². The monoisotopic (exact) mass is 581 g/mol. The fourth-order valence-electron chi connectivity index (χ4n) is 3.46. The topological polar surface area (TPSA) is 183 Å². The number of nitrogens with one attached hydrogen (secondary N) is 3. The molecule has 5 unspecified atom stereocenters. The van der Waals surface area contributed by atoms with Crippen molar-refractivity contribution in [3.63, 3.8) is 0 Å². The van der Waals surface area contributed by atoms with Gasteiger partial charge >= 0.3 is 0 Å². The van der Waals surface area contributed by atoms with E-state index in [0.717, 1.165) is 19.3 Å². The van der Waals surface area contributed by atoms with Gasteiger partial charge in [-0.25, -0.2) is 0 Å². The summed E-state index contributed by atoms with van der Waals surface area (Å²) in [6.07, 6.45) is 3.28. The molecule has 0 spiro atoms. The average molecular weight is 581 g/mol. The molecular weight excluding hydrogens is 540 g/mol. The highest BCUT2D eigenvalue weighted by molar-refractivity contribution is 8.04. The van der Waals surface area contributed by atoms with Gasteiger partial charge in [0.1, 0.15) is 11.8 Å². The zero-order chi connectivity index (χ0) is 29.8. The van der Waals surface area contributed by atoms with Gasteiger partial charge in [0.2, 0.25) is 17.7 Å².